The second-order valence-electron chi connectivity index (χ2n) is 6.63. The number of phosphoric acid groups is 1. The van der Waals surface area contributed by atoms with Crippen molar-refractivity contribution in [1.29, 1.82) is 0 Å². The number of hydrogen-bond acceptors (Lipinski definition) is 5. The molecule has 0 aliphatic carbocycles. The number of ketones is 1. The summed E-state index contributed by atoms with van der Waals surface area (Å²) in [5.74, 6) is 0.858. The standard InChI is InChI=1S/C23H27NO3.H3O4P/c1-3-24(4-2)15-16-27-23-10-6-8-20(18-23)12-14-21(25)13-11-19-7-5-9-22(26)17-19;1-5(2,3)4/h5-14,17-18,26H,3-4,15-16H2,1-2H3;(H3,1,2,3,4)/b13-11+,14-12+;. The number of carbonyl (C=O) groups excluding carboxylic acids is 1. The van der Waals surface area contributed by atoms with E-state index in [0.717, 1.165) is 36.5 Å². The molecule has 0 aromatic heterocycles. The highest BCUT2D eigenvalue weighted by Crippen LogP contribution is 2.25. The van der Waals surface area contributed by atoms with Crippen molar-refractivity contribution in [3.63, 3.8) is 0 Å². The lowest BCUT2D eigenvalue weighted by Gasteiger charge is -2.18. The summed E-state index contributed by atoms with van der Waals surface area (Å²) in [6, 6.07) is 14.4. The summed E-state index contributed by atoms with van der Waals surface area (Å²) in [5, 5.41) is 9.43. The van der Waals surface area contributed by atoms with Crippen LogP contribution in [0.2, 0.25) is 0 Å². The number of rotatable bonds is 10. The van der Waals surface area contributed by atoms with Crippen LogP contribution in [0, 0.1) is 0 Å². The molecule has 2 aromatic rings. The summed E-state index contributed by atoms with van der Waals surface area (Å²) >= 11 is 0. The topological polar surface area (TPSA) is 128 Å². The SMILES string of the molecule is CCN(CC)CCOc1cccc(/C=C/C(=O)/C=C/c2cccc(O)c2)c1.O=P(O)(O)O. The van der Waals surface area contributed by atoms with E-state index in [1.54, 1.807) is 30.4 Å². The number of phenolic OH excluding ortho intramolecular Hbond substituents is 1. The fourth-order valence-corrected chi connectivity index (χ4v) is 2.58. The van der Waals surface area contributed by atoms with Gasteiger partial charge < -0.3 is 29.4 Å². The molecule has 0 bridgehead atoms. The van der Waals surface area contributed by atoms with Crippen LogP contribution in [0.15, 0.2) is 60.7 Å². The molecule has 2 rings (SSSR count). The molecule has 0 atom stereocenters. The van der Waals surface area contributed by atoms with Crippen molar-refractivity contribution in [3.8, 4) is 11.5 Å². The van der Waals surface area contributed by atoms with Crippen molar-refractivity contribution in [3.05, 3.63) is 71.8 Å². The number of benzene rings is 2. The van der Waals surface area contributed by atoms with Crippen molar-refractivity contribution in [2.45, 2.75) is 13.8 Å². The van der Waals surface area contributed by atoms with Gasteiger partial charge in [-0.15, -0.1) is 0 Å². The first-order valence-electron chi connectivity index (χ1n) is 10.0. The number of nitrogens with zero attached hydrogens (tertiary/aromatic N) is 1. The first-order chi connectivity index (χ1) is 15.1. The van der Waals surface area contributed by atoms with Crippen LogP contribution in [0.5, 0.6) is 11.5 Å². The molecule has 0 unspecified atom stereocenters. The monoisotopic (exact) mass is 463 g/mol. The molecule has 0 amide bonds. The fraction of sp³-hybridized carbons (Fsp3) is 0.261. The quantitative estimate of drug-likeness (QED) is 0.312. The van der Waals surface area contributed by atoms with Gasteiger partial charge in [-0.05, 0) is 60.6 Å². The van der Waals surface area contributed by atoms with Gasteiger partial charge in [-0.1, -0.05) is 50.3 Å². The van der Waals surface area contributed by atoms with Crippen molar-refractivity contribution in [2.75, 3.05) is 26.2 Å². The second-order valence-corrected chi connectivity index (χ2v) is 7.65. The highest BCUT2D eigenvalue weighted by molar-refractivity contribution is 7.45. The smallest absolute Gasteiger partial charge is 0.466 e. The minimum absolute atomic E-state index is 0.119. The Bertz CT molecular complexity index is 941. The number of ether oxygens (including phenoxy) is 1. The first kappa shape index (κ1) is 27.3. The van der Waals surface area contributed by atoms with E-state index in [1.807, 2.05) is 30.3 Å². The highest BCUT2D eigenvalue weighted by atomic mass is 31.2. The van der Waals surface area contributed by atoms with Crippen molar-refractivity contribution in [2.24, 2.45) is 0 Å². The van der Waals surface area contributed by atoms with Crippen molar-refractivity contribution < 1.29 is 33.9 Å². The van der Waals surface area contributed by atoms with Gasteiger partial charge in [0, 0.05) is 6.54 Å². The summed E-state index contributed by atoms with van der Waals surface area (Å²) < 4.78 is 14.7. The Balaban J connectivity index is 0.000000920. The lowest BCUT2D eigenvalue weighted by Crippen LogP contribution is -2.27. The summed E-state index contributed by atoms with van der Waals surface area (Å²) in [7, 11) is -4.64. The maximum absolute atomic E-state index is 12.0. The third kappa shape index (κ3) is 13.5. The molecule has 9 heteroatoms. The van der Waals surface area contributed by atoms with Gasteiger partial charge in [0.15, 0.2) is 5.78 Å². The van der Waals surface area contributed by atoms with E-state index >= 15 is 0 Å². The molecule has 174 valence electrons. The van der Waals surface area contributed by atoms with E-state index in [9.17, 15) is 9.90 Å². The van der Waals surface area contributed by atoms with Gasteiger partial charge in [0.2, 0.25) is 0 Å². The van der Waals surface area contributed by atoms with Gasteiger partial charge in [0.05, 0.1) is 0 Å². The third-order valence-electron chi connectivity index (χ3n) is 4.18. The van der Waals surface area contributed by atoms with Gasteiger partial charge in [-0.3, -0.25) is 4.79 Å². The Morgan fingerprint density at radius 3 is 2.03 bits per heavy atom. The lowest BCUT2D eigenvalue weighted by molar-refractivity contribution is -0.110. The van der Waals surface area contributed by atoms with E-state index in [2.05, 4.69) is 18.7 Å². The average Bonchev–Trinajstić information content (AvgIpc) is 2.73. The number of allylic oxidation sites excluding steroid dienone is 2. The number of hydrogen-bond donors (Lipinski definition) is 4. The zero-order chi connectivity index (χ0) is 24.0. The molecule has 0 saturated heterocycles. The van der Waals surface area contributed by atoms with Crippen LogP contribution in [-0.2, 0) is 9.36 Å². The average molecular weight is 463 g/mol. The van der Waals surface area contributed by atoms with Crippen LogP contribution >= 0.6 is 7.82 Å². The van der Waals surface area contributed by atoms with Crippen LogP contribution in [0.4, 0.5) is 0 Å². The summed E-state index contributed by atoms with van der Waals surface area (Å²) in [5.41, 5.74) is 1.69. The van der Waals surface area contributed by atoms with E-state index < -0.39 is 7.82 Å². The largest absolute Gasteiger partial charge is 0.508 e. The summed E-state index contributed by atoms with van der Waals surface area (Å²) in [4.78, 5) is 35.9. The number of aromatic hydroxyl groups is 1. The molecule has 0 heterocycles. The predicted molar refractivity (Wildman–Crippen MR) is 125 cm³/mol. The molecule has 0 spiro atoms. The fourth-order valence-electron chi connectivity index (χ4n) is 2.58. The van der Waals surface area contributed by atoms with Gasteiger partial charge in [0.25, 0.3) is 0 Å². The Labute approximate surface area is 188 Å². The van der Waals surface area contributed by atoms with Crippen LogP contribution in [0.3, 0.4) is 0 Å². The van der Waals surface area contributed by atoms with E-state index in [4.69, 9.17) is 24.0 Å². The van der Waals surface area contributed by atoms with Gasteiger partial charge in [0.1, 0.15) is 18.1 Å². The molecule has 0 aliphatic heterocycles. The lowest BCUT2D eigenvalue weighted by atomic mass is 10.1. The van der Waals surface area contributed by atoms with Crippen molar-refractivity contribution in [1.82, 2.24) is 4.90 Å². The number of likely N-dealkylation sites (N-methyl/N-ethyl adjacent to an activating group) is 1. The summed E-state index contributed by atoms with van der Waals surface area (Å²) in [6.07, 6.45) is 6.45. The second kappa shape index (κ2) is 14.3. The van der Waals surface area contributed by atoms with E-state index in [1.165, 1.54) is 12.2 Å². The first-order valence-corrected chi connectivity index (χ1v) is 11.6. The number of phenols is 1. The minimum atomic E-state index is -4.64. The van der Waals surface area contributed by atoms with Crippen molar-refractivity contribution >= 4 is 25.8 Å². The maximum Gasteiger partial charge on any atom is 0.466 e. The molecule has 0 fully saturated rings. The van der Waals surface area contributed by atoms with Gasteiger partial charge in [-0.2, -0.15) is 0 Å². The number of carbonyl (C=O) groups is 1. The molecule has 0 aliphatic rings. The van der Waals surface area contributed by atoms with E-state index in [0.29, 0.717) is 6.61 Å². The maximum atomic E-state index is 12.0. The van der Waals surface area contributed by atoms with Gasteiger partial charge in [-0.25, -0.2) is 4.57 Å². The molecular weight excluding hydrogens is 433 g/mol. The normalized spacial score (nSPS) is 11.6. The van der Waals surface area contributed by atoms with Crippen LogP contribution in [0.1, 0.15) is 25.0 Å². The van der Waals surface area contributed by atoms with E-state index in [-0.39, 0.29) is 11.5 Å². The molecule has 32 heavy (non-hydrogen) atoms. The van der Waals surface area contributed by atoms with Crippen LogP contribution in [0.25, 0.3) is 12.2 Å². The molecule has 2 aromatic carbocycles. The Kier molecular flexibility index (Phi) is 12.2. The Hall–Kier alpha value is -2.74. The molecule has 0 saturated carbocycles. The molecule has 0 radical (unpaired) electrons. The van der Waals surface area contributed by atoms with Crippen LogP contribution in [-0.4, -0.2) is 56.7 Å². The Morgan fingerprint density at radius 1 is 0.969 bits per heavy atom. The van der Waals surface area contributed by atoms with Gasteiger partial charge >= 0.3 is 7.82 Å². The third-order valence-corrected chi connectivity index (χ3v) is 4.18. The molecule has 8 nitrogen and oxygen atoms in total. The summed E-state index contributed by atoms with van der Waals surface area (Å²) in [6.45, 7) is 7.84. The zero-order valence-electron chi connectivity index (χ0n) is 18.2. The molecule has 4 N–H and O–H groups in total. The molecular formula is C23H30NO7P. The van der Waals surface area contributed by atoms with Crippen LogP contribution < -0.4 is 4.74 Å². The highest BCUT2D eigenvalue weighted by Gasteiger charge is 2.01. The minimum Gasteiger partial charge on any atom is -0.508 e. The zero-order valence-corrected chi connectivity index (χ0v) is 19.1. The Morgan fingerprint density at radius 2 is 1.50 bits per heavy atom. The predicted octanol–water partition coefficient (Wildman–Crippen LogP) is 3.48.